The lowest BCUT2D eigenvalue weighted by atomic mass is 10.2. The quantitative estimate of drug-likeness (QED) is 0.657. The molecule has 9 heteroatoms. The lowest BCUT2D eigenvalue weighted by Gasteiger charge is -2.24. The van der Waals surface area contributed by atoms with Gasteiger partial charge in [-0.15, -0.1) is 0 Å². The molecular formula is C20H20N4O4S. The number of benzene rings is 2. The number of hydrogen-bond donors (Lipinski definition) is 2. The molecule has 2 aromatic carbocycles. The van der Waals surface area contributed by atoms with Crippen molar-refractivity contribution in [3.63, 3.8) is 0 Å². The average Bonchev–Trinajstić information content (AvgIpc) is 3.19. The van der Waals surface area contributed by atoms with Crippen LogP contribution in [0.15, 0.2) is 69.1 Å². The molecule has 1 aromatic heterocycles. The van der Waals surface area contributed by atoms with Gasteiger partial charge in [-0.1, -0.05) is 6.07 Å². The first-order valence-corrected chi connectivity index (χ1v) is 10.3. The van der Waals surface area contributed by atoms with Gasteiger partial charge in [-0.25, -0.2) is 13.4 Å². The first-order chi connectivity index (χ1) is 13.9. The van der Waals surface area contributed by atoms with Gasteiger partial charge in [0.15, 0.2) is 0 Å². The third-order valence-electron chi connectivity index (χ3n) is 4.61. The van der Waals surface area contributed by atoms with Crippen LogP contribution in [0.1, 0.15) is 5.56 Å². The standard InChI is InChI=1S/C20H20N4O4S/c1-13-3-8-17(27-2)18(11-13)29(25,26)23-14-4-6-15(7-5-14)24-12-22-20-16(19(24)21)9-10-28-20/h3-11,23H,12,21H2,1-2H3. The van der Waals surface area contributed by atoms with Crippen LogP contribution in [0.3, 0.4) is 0 Å². The number of hydrogen-bond acceptors (Lipinski definition) is 7. The van der Waals surface area contributed by atoms with Crippen molar-refractivity contribution in [1.29, 1.82) is 0 Å². The summed E-state index contributed by atoms with van der Waals surface area (Å²) in [6.45, 7) is 2.14. The molecule has 0 atom stereocenters. The molecule has 0 unspecified atom stereocenters. The SMILES string of the molecule is COc1ccc(C)cc1S(=O)(=O)Nc1ccc(N2CN=c3occc3=C2N)cc1. The van der Waals surface area contributed by atoms with E-state index in [0.717, 1.165) is 16.5 Å². The van der Waals surface area contributed by atoms with Crippen molar-refractivity contribution in [3.8, 4) is 5.75 Å². The smallest absolute Gasteiger partial charge is 0.265 e. The predicted octanol–water partition coefficient (Wildman–Crippen LogP) is 1.52. The molecule has 0 saturated heterocycles. The highest BCUT2D eigenvalue weighted by Gasteiger charge is 2.20. The Kier molecular flexibility index (Phi) is 4.67. The summed E-state index contributed by atoms with van der Waals surface area (Å²) >= 11 is 0. The van der Waals surface area contributed by atoms with Gasteiger partial charge < -0.3 is 19.8 Å². The Morgan fingerprint density at radius 2 is 1.93 bits per heavy atom. The number of rotatable bonds is 5. The van der Waals surface area contributed by atoms with Crippen molar-refractivity contribution in [2.75, 3.05) is 23.4 Å². The summed E-state index contributed by atoms with van der Waals surface area (Å²) in [7, 11) is -2.37. The van der Waals surface area contributed by atoms with Crippen LogP contribution in [-0.4, -0.2) is 22.2 Å². The summed E-state index contributed by atoms with van der Waals surface area (Å²) in [5.41, 5.74) is 8.77. The van der Waals surface area contributed by atoms with Crippen molar-refractivity contribution in [2.45, 2.75) is 11.8 Å². The summed E-state index contributed by atoms with van der Waals surface area (Å²) in [4.78, 5) is 6.25. The maximum absolute atomic E-state index is 12.8. The van der Waals surface area contributed by atoms with E-state index in [2.05, 4.69) is 9.71 Å². The van der Waals surface area contributed by atoms with Crippen LogP contribution in [0.4, 0.5) is 11.4 Å². The first-order valence-electron chi connectivity index (χ1n) is 8.82. The van der Waals surface area contributed by atoms with Crippen LogP contribution < -0.4 is 30.9 Å². The Morgan fingerprint density at radius 1 is 1.17 bits per heavy atom. The Hall–Kier alpha value is -3.46. The summed E-state index contributed by atoms with van der Waals surface area (Å²) in [5.74, 6) is 0.814. The predicted molar refractivity (Wildman–Crippen MR) is 109 cm³/mol. The summed E-state index contributed by atoms with van der Waals surface area (Å²) < 4.78 is 38.7. The van der Waals surface area contributed by atoms with Gasteiger partial charge in [-0.2, -0.15) is 0 Å². The highest BCUT2D eigenvalue weighted by atomic mass is 32.2. The van der Waals surface area contributed by atoms with Gasteiger partial charge in [0, 0.05) is 11.4 Å². The van der Waals surface area contributed by atoms with Crippen molar-refractivity contribution in [3.05, 3.63) is 71.1 Å². The fraction of sp³-hybridized carbons (Fsp3) is 0.150. The molecule has 150 valence electrons. The lowest BCUT2D eigenvalue weighted by Crippen LogP contribution is -2.42. The fourth-order valence-electron chi connectivity index (χ4n) is 3.11. The lowest BCUT2D eigenvalue weighted by molar-refractivity contribution is 0.402. The number of aryl methyl sites for hydroxylation is 1. The van der Waals surface area contributed by atoms with Gasteiger partial charge in [0.05, 0.1) is 18.6 Å². The molecule has 0 amide bonds. The van der Waals surface area contributed by atoms with E-state index in [1.54, 1.807) is 54.8 Å². The molecule has 0 radical (unpaired) electrons. The normalized spacial score (nSPS) is 13.6. The molecule has 4 rings (SSSR count). The van der Waals surface area contributed by atoms with E-state index < -0.39 is 10.0 Å². The second kappa shape index (κ2) is 7.17. The molecule has 2 heterocycles. The summed E-state index contributed by atoms with van der Waals surface area (Å²) in [6, 6.07) is 13.7. The van der Waals surface area contributed by atoms with E-state index in [0.29, 0.717) is 23.7 Å². The van der Waals surface area contributed by atoms with Crippen LogP contribution in [0.5, 0.6) is 5.75 Å². The maximum Gasteiger partial charge on any atom is 0.265 e. The van der Waals surface area contributed by atoms with E-state index in [9.17, 15) is 8.42 Å². The topological polar surface area (TPSA) is 110 Å². The maximum atomic E-state index is 12.8. The van der Waals surface area contributed by atoms with Crippen LogP contribution >= 0.6 is 0 Å². The molecule has 0 saturated carbocycles. The minimum atomic E-state index is -3.81. The monoisotopic (exact) mass is 412 g/mol. The molecule has 1 aliphatic heterocycles. The van der Waals surface area contributed by atoms with Crippen molar-refractivity contribution in [1.82, 2.24) is 0 Å². The van der Waals surface area contributed by atoms with E-state index in [1.165, 1.54) is 7.11 Å². The number of nitrogens with one attached hydrogen (secondary N) is 1. The molecule has 0 spiro atoms. The molecule has 3 aromatic rings. The van der Waals surface area contributed by atoms with Crippen LogP contribution in [0.2, 0.25) is 0 Å². The highest BCUT2D eigenvalue weighted by molar-refractivity contribution is 7.92. The minimum absolute atomic E-state index is 0.0870. The average molecular weight is 412 g/mol. The van der Waals surface area contributed by atoms with E-state index >= 15 is 0 Å². The Morgan fingerprint density at radius 3 is 2.66 bits per heavy atom. The highest BCUT2D eigenvalue weighted by Crippen LogP contribution is 2.28. The van der Waals surface area contributed by atoms with Crippen LogP contribution in [-0.2, 0) is 10.0 Å². The molecule has 0 fully saturated rings. The Balaban J connectivity index is 1.60. The van der Waals surface area contributed by atoms with Gasteiger partial charge >= 0.3 is 0 Å². The molecular weight excluding hydrogens is 392 g/mol. The number of ether oxygens (including phenoxy) is 1. The molecule has 0 aliphatic carbocycles. The van der Waals surface area contributed by atoms with Gasteiger partial charge in [0.25, 0.3) is 10.0 Å². The summed E-state index contributed by atoms with van der Waals surface area (Å²) in [5, 5.41) is 0.729. The zero-order valence-corrected chi connectivity index (χ0v) is 16.7. The van der Waals surface area contributed by atoms with Gasteiger partial charge in [0.1, 0.15) is 23.1 Å². The fourth-order valence-corrected chi connectivity index (χ4v) is 4.42. The zero-order chi connectivity index (χ0) is 20.6. The van der Waals surface area contributed by atoms with Crippen LogP contribution in [0.25, 0.3) is 5.82 Å². The molecule has 1 aliphatic rings. The van der Waals surface area contributed by atoms with E-state index in [1.807, 2.05) is 11.8 Å². The minimum Gasteiger partial charge on any atom is -0.495 e. The second-order valence-corrected chi connectivity index (χ2v) is 8.21. The van der Waals surface area contributed by atoms with Crippen LogP contribution in [0, 0.1) is 6.92 Å². The third kappa shape index (κ3) is 3.52. The van der Waals surface area contributed by atoms with Crippen molar-refractivity contribution in [2.24, 2.45) is 10.7 Å². The second-order valence-electron chi connectivity index (χ2n) is 6.56. The largest absolute Gasteiger partial charge is 0.495 e. The number of nitrogens with two attached hydrogens (primary N) is 1. The number of nitrogens with zero attached hydrogens (tertiary/aromatic N) is 2. The Bertz CT molecular complexity index is 1280. The number of fused-ring (bicyclic) bond motifs is 1. The van der Waals surface area contributed by atoms with E-state index in [4.69, 9.17) is 14.9 Å². The van der Waals surface area contributed by atoms with Crippen molar-refractivity contribution < 1.29 is 17.6 Å². The van der Waals surface area contributed by atoms with Gasteiger partial charge in [-0.05, 0) is 55.0 Å². The number of sulfonamides is 1. The molecule has 29 heavy (non-hydrogen) atoms. The molecule has 3 N–H and O–H groups in total. The Labute approximate surface area is 168 Å². The number of anilines is 2. The third-order valence-corrected chi connectivity index (χ3v) is 6.01. The van der Waals surface area contributed by atoms with Crippen molar-refractivity contribution >= 4 is 27.2 Å². The number of furan rings is 1. The summed E-state index contributed by atoms with van der Waals surface area (Å²) in [6.07, 6.45) is 1.54. The van der Waals surface area contributed by atoms with Gasteiger partial charge in [0.2, 0.25) is 5.55 Å². The first kappa shape index (κ1) is 18.9. The number of methoxy groups -OCH3 is 1. The molecule has 8 nitrogen and oxygen atoms in total. The van der Waals surface area contributed by atoms with Gasteiger partial charge in [-0.3, -0.25) is 4.72 Å². The zero-order valence-electron chi connectivity index (χ0n) is 15.9. The van der Waals surface area contributed by atoms with E-state index in [-0.39, 0.29) is 10.6 Å². The molecule has 0 bridgehead atoms.